The predicted molar refractivity (Wildman–Crippen MR) is 86.8 cm³/mol. The molecule has 1 saturated heterocycles. The molecule has 25 heavy (non-hydrogen) atoms. The molecule has 0 spiro atoms. The van der Waals surface area contributed by atoms with E-state index in [9.17, 15) is 24.3 Å². The molecule has 2 heterocycles. The van der Waals surface area contributed by atoms with Crippen LogP contribution < -0.4 is 10.9 Å². The summed E-state index contributed by atoms with van der Waals surface area (Å²) in [6.07, 6.45) is 0.960. The molecular weight excluding hydrogens is 328 g/mol. The smallest absolute Gasteiger partial charge is 0.331 e. The van der Waals surface area contributed by atoms with E-state index >= 15 is 0 Å². The van der Waals surface area contributed by atoms with Gasteiger partial charge in [-0.15, -0.1) is 0 Å². The minimum Gasteiger partial charge on any atom is -0.479 e. The van der Waals surface area contributed by atoms with Gasteiger partial charge in [-0.05, 0) is 17.9 Å². The molecule has 8 nitrogen and oxygen atoms in total. The first-order valence-corrected chi connectivity index (χ1v) is 8.07. The summed E-state index contributed by atoms with van der Waals surface area (Å²) < 4.78 is 5.08. The molecule has 0 aromatic carbocycles. The molecule has 2 aliphatic rings. The third kappa shape index (κ3) is 3.09. The number of amides is 1. The van der Waals surface area contributed by atoms with Gasteiger partial charge in [0.2, 0.25) is 0 Å². The van der Waals surface area contributed by atoms with Crippen LogP contribution in [-0.2, 0) is 16.0 Å². The highest BCUT2D eigenvalue weighted by atomic mass is 16.5. The van der Waals surface area contributed by atoms with Crippen molar-refractivity contribution >= 4 is 17.7 Å². The number of ketones is 1. The molecule has 1 unspecified atom stereocenters. The van der Waals surface area contributed by atoms with Crippen LogP contribution in [0.1, 0.15) is 53.1 Å². The number of carbonyl (C=O) groups is 3. The summed E-state index contributed by atoms with van der Waals surface area (Å²) in [5.41, 5.74) is -1.88. The zero-order valence-corrected chi connectivity index (χ0v) is 14.1. The summed E-state index contributed by atoms with van der Waals surface area (Å²) in [4.78, 5) is 51.2. The van der Waals surface area contributed by atoms with Crippen LogP contribution in [0.2, 0.25) is 0 Å². The Bertz CT molecular complexity index is 817. The number of ether oxygens (including phenoxy) is 1. The number of aromatic nitrogens is 1. The van der Waals surface area contributed by atoms with Crippen molar-refractivity contribution in [1.29, 1.82) is 0 Å². The maximum Gasteiger partial charge on any atom is 0.331 e. The molecule has 3 rings (SSSR count). The molecule has 8 heteroatoms. The van der Waals surface area contributed by atoms with Crippen molar-refractivity contribution < 1.29 is 24.2 Å². The van der Waals surface area contributed by atoms with Crippen molar-refractivity contribution in [2.45, 2.75) is 38.6 Å². The Morgan fingerprint density at radius 1 is 1.28 bits per heavy atom. The highest BCUT2D eigenvalue weighted by Gasteiger charge is 2.44. The maximum atomic E-state index is 12.5. The first-order chi connectivity index (χ1) is 11.6. The van der Waals surface area contributed by atoms with Gasteiger partial charge in [0, 0.05) is 30.7 Å². The van der Waals surface area contributed by atoms with Crippen molar-refractivity contribution in [2.24, 2.45) is 5.41 Å². The Hall–Kier alpha value is -2.48. The van der Waals surface area contributed by atoms with Crippen LogP contribution in [0.25, 0.3) is 0 Å². The summed E-state index contributed by atoms with van der Waals surface area (Å²) in [6, 6.07) is 1.27. The van der Waals surface area contributed by atoms with Crippen LogP contribution in [0.15, 0.2) is 10.9 Å². The molecule has 1 aromatic rings. The Balaban J connectivity index is 1.95. The summed E-state index contributed by atoms with van der Waals surface area (Å²) in [6.45, 7) is 3.91. The van der Waals surface area contributed by atoms with E-state index in [1.807, 2.05) is 13.8 Å². The SMILES string of the molecule is CC1(C)CC(=O)c2cc(C(=O)NC3(C(=O)O)CCOC3)c(=O)[nH]c2C1. The number of hydrogen-bond donors (Lipinski definition) is 3. The fourth-order valence-electron chi connectivity index (χ4n) is 3.37. The number of aromatic amines is 1. The first kappa shape index (κ1) is 17.3. The summed E-state index contributed by atoms with van der Waals surface area (Å²) in [5, 5.41) is 11.8. The highest BCUT2D eigenvalue weighted by molar-refractivity contribution is 6.03. The molecule has 1 aliphatic heterocycles. The van der Waals surface area contributed by atoms with Crippen molar-refractivity contribution in [3.8, 4) is 0 Å². The number of carboxylic acids is 1. The van der Waals surface area contributed by atoms with E-state index in [4.69, 9.17) is 4.74 Å². The summed E-state index contributed by atoms with van der Waals surface area (Å²) in [7, 11) is 0. The fraction of sp³-hybridized carbons (Fsp3) is 0.529. The predicted octanol–water partition coefficient (Wildman–Crippen LogP) is 0.504. The lowest BCUT2D eigenvalue weighted by Gasteiger charge is -2.30. The molecular formula is C17H20N2O6. The first-order valence-electron chi connectivity index (χ1n) is 8.07. The number of carbonyl (C=O) groups excluding carboxylic acids is 2. The van der Waals surface area contributed by atoms with Crippen molar-refractivity contribution in [1.82, 2.24) is 10.3 Å². The molecule has 134 valence electrons. The van der Waals surface area contributed by atoms with Gasteiger partial charge in [-0.1, -0.05) is 13.8 Å². The van der Waals surface area contributed by atoms with Crippen LogP contribution in [0.5, 0.6) is 0 Å². The topological polar surface area (TPSA) is 126 Å². The van der Waals surface area contributed by atoms with Crippen LogP contribution in [0.4, 0.5) is 0 Å². The van der Waals surface area contributed by atoms with E-state index in [2.05, 4.69) is 10.3 Å². The molecule has 0 bridgehead atoms. The second kappa shape index (κ2) is 5.80. The normalized spacial score (nSPS) is 24.6. The lowest BCUT2D eigenvalue weighted by atomic mass is 9.75. The third-order valence-electron chi connectivity index (χ3n) is 4.75. The molecule has 1 fully saturated rings. The second-order valence-corrected chi connectivity index (χ2v) is 7.49. The van der Waals surface area contributed by atoms with E-state index in [0.29, 0.717) is 24.1 Å². The number of Topliss-reactive ketones (excluding diaryl/α,β-unsaturated/α-hetero) is 1. The Kier molecular flexibility index (Phi) is 4.03. The molecule has 0 saturated carbocycles. The third-order valence-corrected chi connectivity index (χ3v) is 4.75. The van der Waals surface area contributed by atoms with Crippen LogP contribution in [-0.4, -0.2) is 46.5 Å². The average molecular weight is 348 g/mol. The van der Waals surface area contributed by atoms with Crippen LogP contribution in [0, 0.1) is 5.41 Å². The maximum absolute atomic E-state index is 12.5. The lowest BCUT2D eigenvalue weighted by molar-refractivity contribution is -0.144. The van der Waals surface area contributed by atoms with Crippen molar-refractivity contribution in [2.75, 3.05) is 13.2 Å². The average Bonchev–Trinajstić information content (AvgIpc) is 2.95. The minimum absolute atomic E-state index is 0.115. The molecule has 1 aliphatic carbocycles. The minimum atomic E-state index is -1.55. The number of fused-ring (bicyclic) bond motifs is 1. The van der Waals surface area contributed by atoms with Gasteiger partial charge in [-0.2, -0.15) is 0 Å². The Morgan fingerprint density at radius 2 is 2.00 bits per heavy atom. The van der Waals surface area contributed by atoms with E-state index in [1.54, 1.807) is 0 Å². The van der Waals surface area contributed by atoms with Crippen molar-refractivity contribution in [3.63, 3.8) is 0 Å². The Labute approximate surface area is 143 Å². The van der Waals surface area contributed by atoms with Gasteiger partial charge >= 0.3 is 5.97 Å². The zero-order valence-electron chi connectivity index (χ0n) is 14.1. The fourth-order valence-corrected chi connectivity index (χ4v) is 3.37. The van der Waals surface area contributed by atoms with E-state index in [0.717, 1.165) is 0 Å². The highest BCUT2D eigenvalue weighted by Crippen LogP contribution is 2.33. The van der Waals surface area contributed by atoms with E-state index < -0.39 is 23.0 Å². The number of H-pyrrole nitrogens is 1. The molecule has 1 atom stereocenters. The Morgan fingerprint density at radius 3 is 2.60 bits per heavy atom. The molecule has 1 amide bonds. The number of aliphatic carboxylic acids is 1. The van der Waals surface area contributed by atoms with Gasteiger partial charge < -0.3 is 20.1 Å². The van der Waals surface area contributed by atoms with Gasteiger partial charge in [0.05, 0.1) is 6.61 Å². The number of pyridine rings is 1. The molecule has 0 radical (unpaired) electrons. The van der Waals surface area contributed by atoms with Crippen molar-refractivity contribution in [3.05, 3.63) is 33.2 Å². The summed E-state index contributed by atoms with van der Waals surface area (Å²) in [5.74, 6) is -2.19. The zero-order chi connectivity index (χ0) is 18.4. The second-order valence-electron chi connectivity index (χ2n) is 7.49. The van der Waals surface area contributed by atoms with Gasteiger partial charge in [0.1, 0.15) is 5.56 Å². The number of carboxylic acid groups (broad SMARTS) is 1. The summed E-state index contributed by atoms with van der Waals surface area (Å²) >= 11 is 0. The van der Waals surface area contributed by atoms with Gasteiger partial charge in [-0.3, -0.25) is 14.4 Å². The number of nitrogens with one attached hydrogen (secondary N) is 2. The van der Waals surface area contributed by atoms with E-state index in [1.165, 1.54) is 6.07 Å². The lowest BCUT2D eigenvalue weighted by Crippen LogP contribution is -2.55. The van der Waals surface area contributed by atoms with E-state index in [-0.39, 0.29) is 36.4 Å². The van der Waals surface area contributed by atoms with Crippen LogP contribution in [0.3, 0.4) is 0 Å². The monoisotopic (exact) mass is 348 g/mol. The quantitative estimate of drug-likeness (QED) is 0.730. The number of hydrogen-bond acceptors (Lipinski definition) is 5. The van der Waals surface area contributed by atoms with Gasteiger partial charge in [-0.25, -0.2) is 4.79 Å². The molecule has 1 aromatic heterocycles. The van der Waals surface area contributed by atoms with Gasteiger partial charge in [0.25, 0.3) is 11.5 Å². The standard InChI is InChI=1S/C17H20N2O6/c1-16(2)6-11-9(12(20)7-16)5-10(13(21)18-11)14(22)19-17(15(23)24)3-4-25-8-17/h5H,3-4,6-8H2,1-2H3,(H,18,21)(H,19,22)(H,23,24). The molecule has 3 N–H and O–H groups in total. The van der Waals surface area contributed by atoms with Crippen LogP contribution >= 0.6 is 0 Å². The van der Waals surface area contributed by atoms with Gasteiger partial charge in [0.15, 0.2) is 11.3 Å². The largest absolute Gasteiger partial charge is 0.479 e. The number of rotatable bonds is 3.